The van der Waals surface area contributed by atoms with Crippen molar-refractivity contribution >= 4 is 5.91 Å². The summed E-state index contributed by atoms with van der Waals surface area (Å²) in [5.74, 6) is -1.24. The molecule has 82 valence electrons. The average Bonchev–Trinajstić information content (AvgIpc) is 2.17. The highest BCUT2D eigenvalue weighted by Gasteiger charge is 2.15. The predicted octanol–water partition coefficient (Wildman–Crippen LogP) is 2.01. The third kappa shape index (κ3) is 2.68. The van der Waals surface area contributed by atoms with Gasteiger partial charge in [-0.05, 0) is 18.6 Å². The predicted molar refractivity (Wildman–Crippen MR) is 55.3 cm³/mol. The SMILES string of the molecule is CCCN(C)C(=O)c1ccc(O)cc1F. The number of amides is 1. The van der Waals surface area contributed by atoms with Crippen molar-refractivity contribution in [2.75, 3.05) is 13.6 Å². The molecule has 0 aliphatic carbocycles. The monoisotopic (exact) mass is 211 g/mol. The smallest absolute Gasteiger partial charge is 0.256 e. The zero-order chi connectivity index (χ0) is 11.4. The Bertz CT molecular complexity index is 366. The summed E-state index contributed by atoms with van der Waals surface area (Å²) in [6.07, 6.45) is 0.821. The molecule has 4 heteroatoms. The number of carbonyl (C=O) groups excluding carboxylic acids is 1. The van der Waals surface area contributed by atoms with Crippen molar-refractivity contribution in [2.45, 2.75) is 13.3 Å². The molecule has 0 unspecified atom stereocenters. The number of hydrogen-bond donors (Lipinski definition) is 1. The number of halogens is 1. The number of nitrogens with zero attached hydrogens (tertiary/aromatic N) is 1. The van der Waals surface area contributed by atoms with Crippen LogP contribution in [0.2, 0.25) is 0 Å². The Labute approximate surface area is 88.1 Å². The summed E-state index contributed by atoms with van der Waals surface area (Å²) < 4.78 is 13.3. The molecule has 3 nitrogen and oxygen atoms in total. The van der Waals surface area contributed by atoms with Crippen LogP contribution >= 0.6 is 0 Å². The largest absolute Gasteiger partial charge is 0.508 e. The van der Waals surface area contributed by atoms with Crippen LogP contribution in [0.3, 0.4) is 0 Å². The van der Waals surface area contributed by atoms with E-state index in [1.807, 2.05) is 6.92 Å². The topological polar surface area (TPSA) is 40.5 Å². The van der Waals surface area contributed by atoms with Gasteiger partial charge in [-0.3, -0.25) is 4.79 Å². The molecule has 0 fully saturated rings. The highest BCUT2D eigenvalue weighted by Crippen LogP contribution is 2.16. The van der Waals surface area contributed by atoms with Crippen molar-refractivity contribution < 1.29 is 14.3 Å². The lowest BCUT2D eigenvalue weighted by atomic mass is 10.2. The Hall–Kier alpha value is -1.58. The van der Waals surface area contributed by atoms with Crippen LogP contribution < -0.4 is 0 Å². The minimum absolute atomic E-state index is 0.0104. The van der Waals surface area contributed by atoms with Crippen molar-refractivity contribution in [3.05, 3.63) is 29.6 Å². The van der Waals surface area contributed by atoms with Gasteiger partial charge in [0.05, 0.1) is 5.56 Å². The van der Waals surface area contributed by atoms with Gasteiger partial charge in [0.1, 0.15) is 11.6 Å². The van der Waals surface area contributed by atoms with Crippen LogP contribution in [0.4, 0.5) is 4.39 Å². The van der Waals surface area contributed by atoms with E-state index in [2.05, 4.69) is 0 Å². The molecule has 0 bridgehead atoms. The Balaban J connectivity index is 2.91. The van der Waals surface area contributed by atoms with Crippen molar-refractivity contribution in [3.63, 3.8) is 0 Å². The van der Waals surface area contributed by atoms with Gasteiger partial charge < -0.3 is 10.0 Å². The van der Waals surface area contributed by atoms with Gasteiger partial charge in [0, 0.05) is 19.7 Å². The lowest BCUT2D eigenvalue weighted by molar-refractivity contribution is 0.0790. The molecular weight excluding hydrogens is 197 g/mol. The third-order valence-corrected chi connectivity index (χ3v) is 2.09. The number of phenolic OH excluding ortho intramolecular Hbond substituents is 1. The molecule has 0 saturated carbocycles. The molecule has 1 N–H and O–H groups in total. The summed E-state index contributed by atoms with van der Waals surface area (Å²) in [6, 6.07) is 3.53. The molecule has 0 atom stereocenters. The number of hydrogen-bond acceptors (Lipinski definition) is 2. The summed E-state index contributed by atoms with van der Waals surface area (Å²) in [4.78, 5) is 13.1. The van der Waals surface area contributed by atoms with E-state index in [0.717, 1.165) is 12.5 Å². The second-order valence-electron chi connectivity index (χ2n) is 3.39. The molecule has 0 aliphatic rings. The first kappa shape index (κ1) is 11.5. The van der Waals surface area contributed by atoms with Gasteiger partial charge in [-0.1, -0.05) is 6.92 Å². The molecular formula is C11H14FNO2. The van der Waals surface area contributed by atoms with Crippen LogP contribution in [0, 0.1) is 5.82 Å². The summed E-state index contributed by atoms with van der Waals surface area (Å²) in [5, 5.41) is 9.00. The van der Waals surface area contributed by atoms with E-state index in [1.165, 1.54) is 17.0 Å². The Kier molecular flexibility index (Phi) is 3.66. The minimum Gasteiger partial charge on any atom is -0.508 e. The third-order valence-electron chi connectivity index (χ3n) is 2.09. The first-order chi connectivity index (χ1) is 7.06. The normalized spacial score (nSPS) is 10.1. The van der Waals surface area contributed by atoms with Gasteiger partial charge in [0.2, 0.25) is 0 Å². The van der Waals surface area contributed by atoms with Crippen LogP contribution in [0.5, 0.6) is 5.75 Å². The molecule has 15 heavy (non-hydrogen) atoms. The summed E-state index contributed by atoms with van der Waals surface area (Å²) in [5.41, 5.74) is -0.0104. The number of aromatic hydroxyl groups is 1. The van der Waals surface area contributed by atoms with Crippen molar-refractivity contribution in [1.82, 2.24) is 4.90 Å². The lowest BCUT2D eigenvalue weighted by Crippen LogP contribution is -2.28. The van der Waals surface area contributed by atoms with Crippen LogP contribution in [0.15, 0.2) is 18.2 Å². The highest BCUT2D eigenvalue weighted by atomic mass is 19.1. The van der Waals surface area contributed by atoms with E-state index in [1.54, 1.807) is 7.05 Å². The van der Waals surface area contributed by atoms with Gasteiger partial charge in [-0.25, -0.2) is 4.39 Å². The maximum atomic E-state index is 13.3. The second-order valence-corrected chi connectivity index (χ2v) is 3.39. The van der Waals surface area contributed by atoms with E-state index >= 15 is 0 Å². The Morgan fingerprint density at radius 3 is 2.73 bits per heavy atom. The summed E-state index contributed by atoms with van der Waals surface area (Å²) >= 11 is 0. The van der Waals surface area contributed by atoms with Gasteiger partial charge in [-0.2, -0.15) is 0 Å². The molecule has 0 saturated heterocycles. The quantitative estimate of drug-likeness (QED) is 0.830. The number of rotatable bonds is 3. The minimum atomic E-state index is -0.692. The second kappa shape index (κ2) is 4.77. The molecule has 0 radical (unpaired) electrons. The van der Waals surface area contributed by atoms with Gasteiger partial charge in [0.25, 0.3) is 5.91 Å². The Morgan fingerprint density at radius 2 is 2.20 bits per heavy atom. The number of phenols is 1. The van der Waals surface area contributed by atoms with E-state index in [9.17, 15) is 9.18 Å². The van der Waals surface area contributed by atoms with Crippen LogP contribution in [-0.2, 0) is 0 Å². The number of benzene rings is 1. The first-order valence-electron chi connectivity index (χ1n) is 4.80. The Morgan fingerprint density at radius 1 is 1.53 bits per heavy atom. The van der Waals surface area contributed by atoms with Crippen molar-refractivity contribution in [2.24, 2.45) is 0 Å². The average molecular weight is 211 g/mol. The molecule has 1 aromatic rings. The zero-order valence-electron chi connectivity index (χ0n) is 8.83. The maximum Gasteiger partial charge on any atom is 0.256 e. The van der Waals surface area contributed by atoms with Gasteiger partial charge in [-0.15, -0.1) is 0 Å². The molecule has 0 spiro atoms. The summed E-state index contributed by atoms with van der Waals surface area (Å²) in [6.45, 7) is 2.52. The highest BCUT2D eigenvalue weighted by molar-refractivity contribution is 5.94. The van der Waals surface area contributed by atoms with Crippen molar-refractivity contribution in [1.29, 1.82) is 0 Å². The van der Waals surface area contributed by atoms with Crippen LogP contribution in [0.1, 0.15) is 23.7 Å². The van der Waals surface area contributed by atoms with E-state index in [0.29, 0.717) is 6.54 Å². The zero-order valence-corrected chi connectivity index (χ0v) is 8.83. The number of carbonyl (C=O) groups is 1. The lowest BCUT2D eigenvalue weighted by Gasteiger charge is -2.16. The molecule has 1 amide bonds. The molecule has 0 aromatic heterocycles. The fourth-order valence-electron chi connectivity index (χ4n) is 1.32. The first-order valence-corrected chi connectivity index (χ1v) is 4.80. The van der Waals surface area contributed by atoms with E-state index in [-0.39, 0.29) is 17.2 Å². The van der Waals surface area contributed by atoms with Crippen LogP contribution in [-0.4, -0.2) is 29.5 Å². The molecule has 0 heterocycles. The molecule has 1 aromatic carbocycles. The van der Waals surface area contributed by atoms with Crippen LogP contribution in [0.25, 0.3) is 0 Å². The van der Waals surface area contributed by atoms with E-state index in [4.69, 9.17) is 5.11 Å². The standard InChI is InChI=1S/C11H14FNO2/c1-3-6-13(2)11(15)9-5-4-8(14)7-10(9)12/h4-5,7,14H,3,6H2,1-2H3. The molecule has 0 aliphatic heterocycles. The fourth-order valence-corrected chi connectivity index (χ4v) is 1.32. The van der Waals surface area contributed by atoms with Crippen molar-refractivity contribution in [3.8, 4) is 5.75 Å². The molecule has 1 rings (SSSR count). The van der Waals surface area contributed by atoms with E-state index < -0.39 is 5.82 Å². The summed E-state index contributed by atoms with van der Waals surface area (Å²) in [7, 11) is 1.62. The maximum absolute atomic E-state index is 13.3. The van der Waals surface area contributed by atoms with Gasteiger partial charge >= 0.3 is 0 Å². The fraction of sp³-hybridized carbons (Fsp3) is 0.364. The van der Waals surface area contributed by atoms with Gasteiger partial charge in [0.15, 0.2) is 0 Å².